The van der Waals surface area contributed by atoms with Gasteiger partial charge in [-0.05, 0) is 35.9 Å². The Hall–Kier alpha value is -3.10. The number of nitrogens with one attached hydrogen (secondary N) is 2. The molecule has 0 aliphatic heterocycles. The van der Waals surface area contributed by atoms with Crippen LogP contribution in [0.1, 0.15) is 26.3 Å². The second-order valence-corrected chi connectivity index (χ2v) is 6.19. The molecule has 8 nitrogen and oxygen atoms in total. The highest BCUT2D eigenvalue weighted by atomic mass is 35.5. The Morgan fingerprint density at radius 1 is 1.14 bits per heavy atom. The van der Waals surface area contributed by atoms with Gasteiger partial charge < -0.3 is 25.6 Å². The monoisotopic (exact) mass is 406 g/mol. The minimum atomic E-state index is -1.22. The van der Waals surface area contributed by atoms with Crippen molar-refractivity contribution < 1.29 is 29.3 Å². The number of phenols is 1. The lowest BCUT2D eigenvalue weighted by Gasteiger charge is -2.14. The molecule has 0 heterocycles. The van der Waals surface area contributed by atoms with E-state index in [0.717, 1.165) is 7.11 Å². The summed E-state index contributed by atoms with van der Waals surface area (Å²) in [6, 6.07) is 9.31. The highest BCUT2D eigenvalue weighted by molar-refractivity contribution is 6.34. The molecule has 0 aliphatic rings. The second kappa shape index (κ2) is 9.72. The zero-order valence-corrected chi connectivity index (χ0v) is 15.7. The highest BCUT2D eigenvalue weighted by Gasteiger charge is 2.22. The van der Waals surface area contributed by atoms with Crippen LogP contribution in [0.25, 0.3) is 0 Å². The van der Waals surface area contributed by atoms with Crippen LogP contribution in [-0.2, 0) is 16.1 Å². The van der Waals surface area contributed by atoms with Crippen molar-refractivity contribution in [2.24, 2.45) is 0 Å². The van der Waals surface area contributed by atoms with Gasteiger partial charge in [0.2, 0.25) is 0 Å². The van der Waals surface area contributed by atoms with Gasteiger partial charge >= 0.3 is 5.97 Å². The fraction of sp³-hybridized carbons (Fsp3) is 0.211. The maximum atomic E-state index is 12.3. The molecular weight excluding hydrogens is 388 g/mol. The van der Waals surface area contributed by atoms with E-state index in [9.17, 15) is 19.5 Å². The van der Waals surface area contributed by atoms with Gasteiger partial charge in [0.1, 0.15) is 5.75 Å². The van der Waals surface area contributed by atoms with Gasteiger partial charge in [-0.15, -0.1) is 0 Å². The number of halogens is 1. The molecule has 2 aromatic rings. The van der Waals surface area contributed by atoms with Crippen LogP contribution in [0.5, 0.6) is 5.75 Å². The number of ether oxygens (including phenoxy) is 1. The first-order valence-electron chi connectivity index (χ1n) is 8.21. The number of aromatic hydroxyl groups is 1. The molecule has 148 valence electrons. The molecule has 0 spiro atoms. The minimum Gasteiger partial charge on any atom is -0.508 e. The topological polar surface area (TPSA) is 125 Å². The van der Waals surface area contributed by atoms with Crippen LogP contribution >= 0.6 is 11.6 Å². The van der Waals surface area contributed by atoms with Crippen LogP contribution in [0.3, 0.4) is 0 Å². The Morgan fingerprint density at radius 2 is 1.89 bits per heavy atom. The number of esters is 1. The van der Waals surface area contributed by atoms with Gasteiger partial charge in [0.05, 0.1) is 24.3 Å². The fourth-order valence-corrected chi connectivity index (χ4v) is 2.62. The third-order valence-corrected chi connectivity index (χ3v) is 4.13. The predicted molar refractivity (Wildman–Crippen MR) is 101 cm³/mol. The van der Waals surface area contributed by atoms with E-state index in [4.69, 9.17) is 16.7 Å². The molecule has 1 unspecified atom stereocenters. The van der Waals surface area contributed by atoms with Crippen molar-refractivity contribution in [2.45, 2.75) is 12.6 Å². The predicted octanol–water partition coefficient (Wildman–Crippen LogP) is 1.24. The number of benzene rings is 2. The molecule has 4 N–H and O–H groups in total. The lowest BCUT2D eigenvalue weighted by molar-refractivity contribution is -0.143. The molecule has 0 saturated heterocycles. The highest BCUT2D eigenvalue weighted by Crippen LogP contribution is 2.18. The van der Waals surface area contributed by atoms with E-state index in [-0.39, 0.29) is 28.4 Å². The molecule has 0 fully saturated rings. The van der Waals surface area contributed by atoms with Crippen molar-refractivity contribution in [3.8, 4) is 5.75 Å². The first-order valence-corrected chi connectivity index (χ1v) is 8.58. The zero-order chi connectivity index (χ0) is 20.7. The molecule has 0 radical (unpaired) electrons. The number of hydrogen-bond acceptors (Lipinski definition) is 6. The Morgan fingerprint density at radius 3 is 2.50 bits per heavy atom. The Labute approximate surface area is 166 Å². The van der Waals surface area contributed by atoms with Crippen LogP contribution in [0.2, 0.25) is 5.02 Å². The summed E-state index contributed by atoms with van der Waals surface area (Å²) < 4.78 is 4.48. The molecular formula is C19H19ClN2O6. The molecule has 2 aromatic carbocycles. The molecule has 0 aromatic heterocycles. The van der Waals surface area contributed by atoms with E-state index < -0.39 is 30.4 Å². The molecule has 28 heavy (non-hydrogen) atoms. The van der Waals surface area contributed by atoms with Crippen molar-refractivity contribution in [1.82, 2.24) is 10.6 Å². The van der Waals surface area contributed by atoms with Crippen LogP contribution in [-0.4, -0.2) is 47.8 Å². The summed E-state index contributed by atoms with van der Waals surface area (Å²) in [6.45, 7) is -0.435. The number of amides is 2. The lowest BCUT2D eigenvalue weighted by Crippen LogP contribution is -2.44. The van der Waals surface area contributed by atoms with Gasteiger partial charge in [-0.1, -0.05) is 23.7 Å². The average Bonchev–Trinajstić information content (AvgIpc) is 2.69. The number of hydrogen-bond donors (Lipinski definition) is 4. The van der Waals surface area contributed by atoms with Crippen molar-refractivity contribution in [3.63, 3.8) is 0 Å². The van der Waals surface area contributed by atoms with Gasteiger partial charge in [0, 0.05) is 12.1 Å². The maximum absolute atomic E-state index is 12.3. The number of rotatable bonds is 7. The lowest BCUT2D eigenvalue weighted by atomic mass is 10.1. The Kier molecular flexibility index (Phi) is 7.36. The molecule has 1 atom stereocenters. The second-order valence-electron chi connectivity index (χ2n) is 5.78. The van der Waals surface area contributed by atoms with Gasteiger partial charge in [0.25, 0.3) is 11.8 Å². The van der Waals surface area contributed by atoms with E-state index >= 15 is 0 Å². The van der Waals surface area contributed by atoms with Crippen LogP contribution in [0, 0.1) is 0 Å². The van der Waals surface area contributed by atoms with E-state index in [1.807, 2.05) is 0 Å². The van der Waals surface area contributed by atoms with Gasteiger partial charge in [0.15, 0.2) is 6.04 Å². The molecule has 0 bridgehead atoms. The minimum absolute atomic E-state index is 0.00376. The molecule has 0 aliphatic carbocycles. The number of aliphatic hydroxyl groups excluding tert-OH is 1. The number of carbonyl (C=O) groups is 3. The summed E-state index contributed by atoms with van der Waals surface area (Å²) in [5, 5.41) is 23.6. The molecule has 2 rings (SSSR count). The summed E-state index contributed by atoms with van der Waals surface area (Å²) in [7, 11) is 1.13. The SMILES string of the molecule is COC(=O)C(CO)NC(=O)c1ccc(C(=O)NCc2cccc(O)c2)cc1Cl. The van der Waals surface area contributed by atoms with Crippen molar-refractivity contribution in [2.75, 3.05) is 13.7 Å². The van der Waals surface area contributed by atoms with Crippen molar-refractivity contribution in [1.29, 1.82) is 0 Å². The quantitative estimate of drug-likeness (QED) is 0.513. The Bertz CT molecular complexity index is 886. The standard InChI is InChI=1S/C19H19ClN2O6/c1-28-19(27)16(10-23)22-18(26)14-6-5-12(8-15(14)20)17(25)21-9-11-3-2-4-13(24)7-11/h2-8,16,23-24H,9-10H2,1H3,(H,21,25)(H,22,26). The van der Waals surface area contributed by atoms with Gasteiger partial charge in [-0.25, -0.2) is 4.79 Å². The van der Waals surface area contributed by atoms with E-state index in [1.54, 1.807) is 12.1 Å². The van der Waals surface area contributed by atoms with E-state index in [1.165, 1.54) is 30.3 Å². The smallest absolute Gasteiger partial charge is 0.330 e. The molecule has 9 heteroatoms. The van der Waals surface area contributed by atoms with Gasteiger partial charge in [-0.3, -0.25) is 9.59 Å². The van der Waals surface area contributed by atoms with Crippen LogP contribution in [0.4, 0.5) is 0 Å². The van der Waals surface area contributed by atoms with Crippen LogP contribution in [0.15, 0.2) is 42.5 Å². The summed E-state index contributed by atoms with van der Waals surface area (Å²) in [5.41, 5.74) is 0.982. The van der Waals surface area contributed by atoms with Gasteiger partial charge in [-0.2, -0.15) is 0 Å². The normalized spacial score (nSPS) is 11.4. The maximum Gasteiger partial charge on any atom is 0.330 e. The van der Waals surface area contributed by atoms with E-state index in [0.29, 0.717) is 5.56 Å². The third-order valence-electron chi connectivity index (χ3n) is 3.81. The number of phenolic OH excluding ortho intramolecular Hbond substituents is 1. The number of methoxy groups -OCH3 is 1. The number of aliphatic hydroxyl groups is 1. The summed E-state index contributed by atoms with van der Waals surface area (Å²) >= 11 is 6.09. The average molecular weight is 407 g/mol. The van der Waals surface area contributed by atoms with Crippen molar-refractivity contribution >= 4 is 29.4 Å². The fourth-order valence-electron chi connectivity index (χ4n) is 2.35. The summed E-state index contributed by atoms with van der Waals surface area (Å²) in [5.74, 6) is -1.81. The zero-order valence-electron chi connectivity index (χ0n) is 14.9. The summed E-state index contributed by atoms with van der Waals surface area (Å²) in [4.78, 5) is 36.0. The first kappa shape index (κ1) is 21.2. The summed E-state index contributed by atoms with van der Waals surface area (Å²) in [6.07, 6.45) is 0. The van der Waals surface area contributed by atoms with Crippen molar-refractivity contribution in [3.05, 3.63) is 64.2 Å². The molecule has 2 amide bonds. The number of carbonyl (C=O) groups excluding carboxylic acids is 3. The third kappa shape index (κ3) is 5.45. The Balaban J connectivity index is 2.05. The van der Waals surface area contributed by atoms with Crippen LogP contribution < -0.4 is 10.6 Å². The van der Waals surface area contributed by atoms with E-state index in [2.05, 4.69) is 15.4 Å². The molecule has 0 saturated carbocycles. The largest absolute Gasteiger partial charge is 0.508 e. The first-order chi connectivity index (χ1) is 13.3.